The van der Waals surface area contributed by atoms with Gasteiger partial charge in [-0.2, -0.15) is 10.1 Å². The van der Waals surface area contributed by atoms with Gasteiger partial charge >= 0.3 is 0 Å². The van der Waals surface area contributed by atoms with Crippen molar-refractivity contribution in [2.24, 2.45) is 0 Å². The van der Waals surface area contributed by atoms with Gasteiger partial charge in [-0.1, -0.05) is 29.3 Å². The lowest BCUT2D eigenvalue weighted by Crippen LogP contribution is -2.33. The number of hydrogen-bond acceptors (Lipinski definition) is 7. The van der Waals surface area contributed by atoms with Crippen molar-refractivity contribution < 1.29 is 19.0 Å². The topological polar surface area (TPSA) is 87.5 Å². The van der Waals surface area contributed by atoms with Crippen molar-refractivity contribution in [2.45, 2.75) is 24.8 Å². The molecule has 0 bridgehead atoms. The Bertz CT molecular complexity index is 1300. The van der Waals surface area contributed by atoms with Gasteiger partial charge in [0.1, 0.15) is 12.4 Å². The molecule has 34 heavy (non-hydrogen) atoms. The minimum absolute atomic E-state index is 0.00432. The quantitative estimate of drug-likeness (QED) is 0.525. The number of Topliss-reactive ketones (excluding diaryl/α,β-unsaturated/α-hetero) is 1. The van der Waals surface area contributed by atoms with Crippen molar-refractivity contribution >= 4 is 34.9 Å². The van der Waals surface area contributed by atoms with Crippen molar-refractivity contribution in [3.05, 3.63) is 69.1 Å². The summed E-state index contributed by atoms with van der Waals surface area (Å²) in [6, 6.07) is 8.55. The minimum Gasteiger partial charge on any atom is -0.493 e. The van der Waals surface area contributed by atoms with Gasteiger partial charge in [-0.05, 0) is 42.2 Å². The maximum absolute atomic E-state index is 13.6. The molecule has 5 rings (SSSR count). The summed E-state index contributed by atoms with van der Waals surface area (Å²) in [7, 11) is 4.71. The van der Waals surface area contributed by atoms with Crippen LogP contribution in [0.25, 0.3) is 0 Å². The van der Waals surface area contributed by atoms with Gasteiger partial charge in [0.15, 0.2) is 17.3 Å². The minimum atomic E-state index is -0.494. The van der Waals surface area contributed by atoms with E-state index in [1.807, 2.05) is 18.2 Å². The monoisotopic (exact) mass is 500 g/mol. The average Bonchev–Trinajstić information content (AvgIpc) is 3.30. The Morgan fingerprint density at radius 2 is 1.76 bits per heavy atom. The molecule has 8 nitrogen and oxygen atoms in total. The molecule has 0 amide bonds. The van der Waals surface area contributed by atoms with Gasteiger partial charge in [0.25, 0.3) is 0 Å². The van der Waals surface area contributed by atoms with Gasteiger partial charge in [-0.25, -0.2) is 4.68 Å². The van der Waals surface area contributed by atoms with Crippen LogP contribution < -0.4 is 19.5 Å². The lowest BCUT2D eigenvalue weighted by atomic mass is 9.77. The molecule has 0 spiro atoms. The molecular formula is C24H22Cl2N4O4. The molecule has 3 aromatic rings. The lowest BCUT2D eigenvalue weighted by molar-refractivity contribution is -0.116. The molecule has 0 saturated carbocycles. The molecule has 0 unspecified atom stereocenters. The highest BCUT2D eigenvalue weighted by molar-refractivity contribution is 6.35. The van der Waals surface area contributed by atoms with E-state index in [1.54, 1.807) is 38.1 Å². The van der Waals surface area contributed by atoms with E-state index in [9.17, 15) is 4.79 Å². The summed E-state index contributed by atoms with van der Waals surface area (Å²) in [4.78, 5) is 18.0. The largest absolute Gasteiger partial charge is 0.493 e. The van der Waals surface area contributed by atoms with Crippen molar-refractivity contribution in [3.63, 3.8) is 0 Å². The number of carbonyl (C=O) groups excluding carboxylic acids is 1. The van der Waals surface area contributed by atoms with Crippen LogP contribution in [0.4, 0.5) is 5.95 Å². The third-order valence-electron chi connectivity index (χ3n) is 6.28. The van der Waals surface area contributed by atoms with Gasteiger partial charge in [0.05, 0.1) is 21.3 Å². The number of benzene rings is 2. The number of rotatable bonds is 5. The molecule has 1 aliphatic heterocycles. The molecule has 0 fully saturated rings. The number of ether oxygens (including phenoxy) is 3. The maximum Gasteiger partial charge on any atom is 0.226 e. The van der Waals surface area contributed by atoms with Crippen molar-refractivity contribution in [1.29, 1.82) is 0 Å². The average molecular weight is 501 g/mol. The molecule has 1 N–H and O–H groups in total. The zero-order chi connectivity index (χ0) is 24.0. The predicted molar refractivity (Wildman–Crippen MR) is 128 cm³/mol. The Balaban J connectivity index is 1.59. The Labute approximate surface area is 206 Å². The molecule has 2 aliphatic rings. The highest BCUT2D eigenvalue weighted by Crippen LogP contribution is 2.47. The van der Waals surface area contributed by atoms with E-state index >= 15 is 0 Å². The summed E-state index contributed by atoms with van der Waals surface area (Å²) < 4.78 is 18.2. The fourth-order valence-corrected chi connectivity index (χ4v) is 5.25. The highest BCUT2D eigenvalue weighted by Gasteiger charge is 2.40. The number of aromatic nitrogens is 3. The first-order valence-corrected chi connectivity index (χ1v) is 11.4. The zero-order valence-corrected chi connectivity index (χ0v) is 20.3. The van der Waals surface area contributed by atoms with Crippen LogP contribution in [-0.2, 0) is 4.79 Å². The van der Waals surface area contributed by atoms with E-state index < -0.39 is 6.04 Å². The number of nitrogens with zero attached hydrogens (tertiary/aromatic N) is 3. The van der Waals surface area contributed by atoms with Crippen LogP contribution in [0.2, 0.25) is 10.0 Å². The predicted octanol–water partition coefficient (Wildman–Crippen LogP) is 5.03. The van der Waals surface area contributed by atoms with E-state index in [0.717, 1.165) is 16.8 Å². The van der Waals surface area contributed by atoms with Crippen LogP contribution in [0.15, 0.2) is 47.9 Å². The number of allylic oxidation sites excluding steroid dienone is 2. The number of fused-ring (bicyclic) bond motifs is 1. The molecule has 176 valence electrons. The molecule has 10 heteroatoms. The second-order valence-corrected chi connectivity index (χ2v) is 8.94. The molecule has 1 aliphatic carbocycles. The van der Waals surface area contributed by atoms with Crippen molar-refractivity contribution in [1.82, 2.24) is 14.8 Å². The molecule has 2 aromatic carbocycles. The van der Waals surface area contributed by atoms with Crippen LogP contribution in [0.5, 0.6) is 17.2 Å². The molecular weight excluding hydrogens is 479 g/mol. The van der Waals surface area contributed by atoms with Gasteiger partial charge in [-0.15, -0.1) is 0 Å². The maximum atomic E-state index is 13.6. The Kier molecular flexibility index (Phi) is 5.87. The van der Waals surface area contributed by atoms with Crippen LogP contribution in [0, 0.1) is 0 Å². The molecule has 2 atom stereocenters. The molecule has 2 heterocycles. The fourth-order valence-electron chi connectivity index (χ4n) is 4.74. The summed E-state index contributed by atoms with van der Waals surface area (Å²) in [6.45, 7) is 0. The standard InChI is InChI=1S/C24H22Cl2N4O4/c1-32-19-8-13(9-20(33-2)23(19)34-3)12-6-17-21(18(31)7-12)22(30-24(29-17)27-11-28-30)15-5-4-14(25)10-16(15)26/h4-5,8-12,22H,6-7H2,1-3H3,(H,27,28,29)/t12-,22-/m0/s1. The smallest absolute Gasteiger partial charge is 0.226 e. The number of halogens is 2. The first kappa shape index (κ1) is 22.6. The normalized spacial score (nSPS) is 19.3. The van der Waals surface area contributed by atoms with E-state index in [2.05, 4.69) is 15.4 Å². The first-order chi connectivity index (χ1) is 16.4. The summed E-state index contributed by atoms with van der Waals surface area (Å²) in [5, 5.41) is 8.66. The lowest BCUT2D eigenvalue weighted by Gasteiger charge is -2.35. The number of ketones is 1. The SMILES string of the molecule is COc1cc([C@@H]2CC(=O)C3=C(C2)Nc2ncnn2[C@H]3c2ccc(Cl)cc2Cl)cc(OC)c1OC. The number of anilines is 1. The molecule has 1 aromatic heterocycles. The number of carbonyl (C=O) groups is 1. The van der Waals surface area contributed by atoms with E-state index in [-0.39, 0.29) is 11.7 Å². The van der Waals surface area contributed by atoms with Gasteiger partial charge in [0, 0.05) is 33.3 Å². The summed E-state index contributed by atoms with van der Waals surface area (Å²) in [5.41, 5.74) is 3.09. The van der Waals surface area contributed by atoms with Gasteiger partial charge < -0.3 is 19.5 Å². The Morgan fingerprint density at radius 1 is 1.03 bits per heavy atom. The molecule has 0 saturated heterocycles. The van der Waals surface area contributed by atoms with Crippen LogP contribution in [0.3, 0.4) is 0 Å². The third kappa shape index (κ3) is 3.67. The van der Waals surface area contributed by atoms with Gasteiger partial charge in [-0.3, -0.25) is 4.79 Å². The number of methoxy groups -OCH3 is 3. The summed E-state index contributed by atoms with van der Waals surface area (Å²) in [6.07, 6.45) is 2.36. The van der Waals surface area contributed by atoms with Crippen molar-refractivity contribution in [3.8, 4) is 17.2 Å². The summed E-state index contributed by atoms with van der Waals surface area (Å²) >= 11 is 12.7. The third-order valence-corrected chi connectivity index (χ3v) is 6.84. The van der Waals surface area contributed by atoms with Crippen molar-refractivity contribution in [2.75, 3.05) is 26.6 Å². The van der Waals surface area contributed by atoms with Crippen LogP contribution in [-0.4, -0.2) is 41.9 Å². The molecule has 0 radical (unpaired) electrons. The van der Waals surface area contributed by atoms with Crippen LogP contribution >= 0.6 is 23.2 Å². The Morgan fingerprint density at radius 3 is 2.41 bits per heavy atom. The Hall–Kier alpha value is -3.23. The zero-order valence-electron chi connectivity index (χ0n) is 18.8. The van der Waals surface area contributed by atoms with Gasteiger partial charge in [0.2, 0.25) is 11.7 Å². The highest BCUT2D eigenvalue weighted by atomic mass is 35.5. The van der Waals surface area contributed by atoms with Crippen LogP contribution in [0.1, 0.15) is 35.9 Å². The van der Waals surface area contributed by atoms with E-state index in [4.69, 9.17) is 37.4 Å². The second-order valence-electron chi connectivity index (χ2n) is 8.10. The second kappa shape index (κ2) is 8.85. The fraction of sp³-hybridized carbons (Fsp3) is 0.292. The first-order valence-electron chi connectivity index (χ1n) is 10.6. The van der Waals surface area contributed by atoms with E-state index in [1.165, 1.54) is 6.33 Å². The van der Waals surface area contributed by atoms with E-state index in [0.29, 0.717) is 51.7 Å². The number of nitrogens with one attached hydrogen (secondary N) is 1. The number of hydrogen-bond donors (Lipinski definition) is 1. The summed E-state index contributed by atoms with van der Waals surface area (Å²) in [5.74, 6) is 2.07.